The molecule has 0 atom stereocenters. The van der Waals surface area contributed by atoms with E-state index in [1.165, 1.54) is 0 Å². The van der Waals surface area contributed by atoms with Crippen LogP contribution in [0.3, 0.4) is 0 Å². The first-order chi connectivity index (χ1) is 6.91. The molecule has 1 saturated heterocycles. The number of likely N-dealkylation sites (tertiary alicyclic amines) is 1. The number of hydrogen-bond donors (Lipinski definition) is 0. The van der Waals surface area contributed by atoms with Crippen LogP contribution in [-0.4, -0.2) is 29.6 Å². The highest BCUT2D eigenvalue weighted by Gasteiger charge is 2.32. The fourth-order valence-corrected chi connectivity index (χ4v) is 1.88. The van der Waals surface area contributed by atoms with E-state index in [4.69, 9.17) is 0 Å². The van der Waals surface area contributed by atoms with E-state index in [9.17, 15) is 9.18 Å². The van der Waals surface area contributed by atoms with Gasteiger partial charge in [-0.2, -0.15) is 0 Å². The molecule has 0 aromatic heterocycles. The lowest BCUT2D eigenvalue weighted by atomic mass is 9.84. The Balaban J connectivity index is 0.000000921. The lowest BCUT2D eigenvalue weighted by molar-refractivity contribution is -0.130. The summed E-state index contributed by atoms with van der Waals surface area (Å²) in [5.41, 5.74) is -1.09. The van der Waals surface area contributed by atoms with E-state index >= 15 is 0 Å². The molecule has 0 aliphatic carbocycles. The molecule has 90 valence electrons. The minimum atomic E-state index is -1.09. The number of hydrogen-bond acceptors (Lipinski definition) is 1. The zero-order valence-electron chi connectivity index (χ0n) is 10.6. The molecule has 1 heterocycles. The molecule has 0 aromatic rings. The summed E-state index contributed by atoms with van der Waals surface area (Å²) in [6.45, 7) is 10.3. The van der Waals surface area contributed by atoms with Crippen LogP contribution in [0.25, 0.3) is 0 Å². The van der Waals surface area contributed by atoms with Crippen LogP contribution < -0.4 is 0 Å². The Morgan fingerprint density at radius 3 is 1.93 bits per heavy atom. The average molecular weight is 217 g/mol. The third kappa shape index (κ3) is 4.63. The van der Waals surface area contributed by atoms with Crippen LogP contribution >= 0.6 is 0 Å². The second-order valence-electron chi connectivity index (χ2n) is 4.34. The Bertz CT molecular complexity index is 190. The van der Waals surface area contributed by atoms with E-state index < -0.39 is 5.67 Å². The molecule has 1 fully saturated rings. The fraction of sp³-hybridized carbons (Fsp3) is 0.917. The minimum Gasteiger partial charge on any atom is -0.343 e. The Morgan fingerprint density at radius 1 is 1.27 bits per heavy atom. The number of piperidine rings is 1. The highest BCUT2D eigenvalue weighted by molar-refractivity contribution is 5.73. The topological polar surface area (TPSA) is 20.3 Å². The third-order valence-electron chi connectivity index (χ3n) is 2.91. The first-order valence-corrected chi connectivity index (χ1v) is 5.85. The lowest BCUT2D eigenvalue weighted by Crippen LogP contribution is -2.41. The molecule has 0 aromatic carbocycles. The van der Waals surface area contributed by atoms with Crippen molar-refractivity contribution >= 4 is 5.91 Å². The van der Waals surface area contributed by atoms with E-state index in [1.807, 2.05) is 13.8 Å². The number of amides is 1. The normalized spacial score (nSPS) is 18.1. The summed E-state index contributed by atoms with van der Waals surface area (Å²) in [4.78, 5) is 12.8. The molecule has 0 saturated carbocycles. The van der Waals surface area contributed by atoms with Crippen molar-refractivity contribution in [3.63, 3.8) is 0 Å². The van der Waals surface area contributed by atoms with Gasteiger partial charge in [0.15, 0.2) is 0 Å². The van der Waals surface area contributed by atoms with E-state index in [-0.39, 0.29) is 11.8 Å². The highest BCUT2D eigenvalue weighted by atomic mass is 19.1. The van der Waals surface area contributed by atoms with E-state index in [0.717, 1.165) is 12.8 Å². The molecular weight excluding hydrogens is 193 g/mol. The van der Waals surface area contributed by atoms with Crippen LogP contribution in [0.2, 0.25) is 0 Å². The number of alkyl halides is 1. The van der Waals surface area contributed by atoms with Gasteiger partial charge in [-0.05, 0) is 32.6 Å². The zero-order chi connectivity index (χ0) is 12.1. The smallest absolute Gasteiger partial charge is 0.219 e. The number of carbonyl (C=O) groups excluding carboxylic acids is 1. The Morgan fingerprint density at radius 2 is 1.67 bits per heavy atom. The maximum Gasteiger partial charge on any atom is 0.219 e. The van der Waals surface area contributed by atoms with Gasteiger partial charge in [-0.1, -0.05) is 13.8 Å². The van der Waals surface area contributed by atoms with Gasteiger partial charge in [-0.3, -0.25) is 4.79 Å². The van der Waals surface area contributed by atoms with Gasteiger partial charge in [-0.15, -0.1) is 0 Å². The SMILES string of the molecule is CC.CC(=O)N1CCC(C(C)(C)F)CC1. The fourth-order valence-electron chi connectivity index (χ4n) is 1.88. The van der Waals surface area contributed by atoms with Crippen LogP contribution in [-0.2, 0) is 4.79 Å². The predicted molar refractivity (Wildman–Crippen MR) is 61.5 cm³/mol. The van der Waals surface area contributed by atoms with Gasteiger partial charge >= 0.3 is 0 Å². The van der Waals surface area contributed by atoms with E-state index in [2.05, 4.69) is 0 Å². The Kier molecular flexibility index (Phi) is 5.84. The number of halogens is 1. The second kappa shape index (κ2) is 6.09. The zero-order valence-corrected chi connectivity index (χ0v) is 10.6. The second-order valence-corrected chi connectivity index (χ2v) is 4.34. The van der Waals surface area contributed by atoms with E-state index in [0.29, 0.717) is 13.1 Å². The Hall–Kier alpha value is -0.600. The standard InChI is InChI=1S/C10H18FNO.C2H6/c1-8(13)12-6-4-9(5-7-12)10(2,3)11;1-2/h9H,4-7H2,1-3H3;1-2H3. The molecule has 3 heteroatoms. The monoisotopic (exact) mass is 217 g/mol. The molecule has 0 bridgehead atoms. The summed E-state index contributed by atoms with van der Waals surface area (Å²) in [6.07, 6.45) is 1.59. The molecule has 1 rings (SSSR count). The molecule has 1 aliphatic heterocycles. The van der Waals surface area contributed by atoms with Crippen molar-refractivity contribution in [2.75, 3.05) is 13.1 Å². The van der Waals surface area contributed by atoms with Gasteiger partial charge in [0.2, 0.25) is 5.91 Å². The summed E-state index contributed by atoms with van der Waals surface area (Å²) >= 11 is 0. The van der Waals surface area contributed by atoms with Crippen molar-refractivity contribution in [2.24, 2.45) is 5.92 Å². The predicted octanol–water partition coefficient (Wildman–Crippen LogP) is 3.02. The average Bonchev–Trinajstić information content (AvgIpc) is 2.20. The molecular formula is C12H24FNO. The quantitative estimate of drug-likeness (QED) is 0.661. The van der Waals surface area contributed by atoms with Crippen molar-refractivity contribution in [1.82, 2.24) is 4.90 Å². The molecule has 15 heavy (non-hydrogen) atoms. The van der Waals surface area contributed by atoms with Gasteiger partial charge in [-0.25, -0.2) is 4.39 Å². The minimum absolute atomic E-state index is 0.107. The number of carbonyl (C=O) groups is 1. The summed E-state index contributed by atoms with van der Waals surface area (Å²) in [5, 5.41) is 0. The van der Waals surface area contributed by atoms with Crippen molar-refractivity contribution < 1.29 is 9.18 Å². The van der Waals surface area contributed by atoms with Crippen LogP contribution in [0, 0.1) is 5.92 Å². The van der Waals surface area contributed by atoms with Gasteiger partial charge in [0, 0.05) is 20.0 Å². The summed E-state index contributed by atoms with van der Waals surface area (Å²) in [7, 11) is 0. The van der Waals surface area contributed by atoms with Gasteiger partial charge < -0.3 is 4.90 Å². The molecule has 0 unspecified atom stereocenters. The summed E-state index contributed by atoms with van der Waals surface area (Å²) < 4.78 is 13.5. The van der Waals surface area contributed by atoms with E-state index in [1.54, 1.807) is 25.7 Å². The highest BCUT2D eigenvalue weighted by Crippen LogP contribution is 2.30. The number of rotatable bonds is 1. The molecule has 0 N–H and O–H groups in total. The molecule has 1 aliphatic rings. The van der Waals surface area contributed by atoms with Crippen LogP contribution in [0.1, 0.15) is 47.5 Å². The lowest BCUT2D eigenvalue weighted by Gasteiger charge is -2.36. The number of nitrogens with zero attached hydrogens (tertiary/aromatic N) is 1. The van der Waals surface area contributed by atoms with Crippen molar-refractivity contribution in [1.29, 1.82) is 0 Å². The summed E-state index contributed by atoms with van der Waals surface area (Å²) in [5.74, 6) is 0.221. The Labute approximate surface area is 92.8 Å². The molecule has 0 spiro atoms. The largest absolute Gasteiger partial charge is 0.343 e. The van der Waals surface area contributed by atoms with Crippen molar-refractivity contribution in [3.05, 3.63) is 0 Å². The van der Waals surface area contributed by atoms with Crippen molar-refractivity contribution in [2.45, 2.75) is 53.1 Å². The third-order valence-corrected chi connectivity index (χ3v) is 2.91. The van der Waals surface area contributed by atoms with Gasteiger partial charge in [0.25, 0.3) is 0 Å². The van der Waals surface area contributed by atoms with Crippen LogP contribution in [0.5, 0.6) is 0 Å². The molecule has 2 nitrogen and oxygen atoms in total. The van der Waals surface area contributed by atoms with Gasteiger partial charge in [0.1, 0.15) is 5.67 Å². The van der Waals surface area contributed by atoms with Crippen LogP contribution in [0.4, 0.5) is 4.39 Å². The van der Waals surface area contributed by atoms with Crippen molar-refractivity contribution in [3.8, 4) is 0 Å². The van der Waals surface area contributed by atoms with Gasteiger partial charge in [0.05, 0.1) is 0 Å². The summed E-state index contributed by atoms with van der Waals surface area (Å²) in [6, 6.07) is 0. The van der Waals surface area contributed by atoms with Crippen LogP contribution in [0.15, 0.2) is 0 Å². The first kappa shape index (κ1) is 14.4. The first-order valence-electron chi connectivity index (χ1n) is 5.85. The maximum atomic E-state index is 13.5. The molecule has 0 radical (unpaired) electrons. The molecule has 1 amide bonds. The maximum absolute atomic E-state index is 13.5.